The normalized spacial score (nSPS) is 21.6. The zero-order valence-corrected chi connectivity index (χ0v) is 17.7. The monoisotopic (exact) mass is 415 g/mol. The minimum Gasteiger partial charge on any atom is -0.491 e. The van der Waals surface area contributed by atoms with E-state index in [9.17, 15) is 0 Å². The van der Waals surface area contributed by atoms with Crippen LogP contribution in [0, 0.1) is 5.92 Å². The summed E-state index contributed by atoms with van der Waals surface area (Å²) < 4.78 is 6.27. The lowest BCUT2D eigenvalue weighted by Crippen LogP contribution is -2.29. The van der Waals surface area contributed by atoms with Gasteiger partial charge in [0.2, 0.25) is 0 Å². The first kappa shape index (κ1) is 19.3. The van der Waals surface area contributed by atoms with E-state index in [1.807, 2.05) is 12.1 Å². The van der Waals surface area contributed by atoms with E-state index in [-0.39, 0.29) is 6.04 Å². The van der Waals surface area contributed by atoms with E-state index in [0.717, 1.165) is 35.7 Å². The van der Waals surface area contributed by atoms with Crippen LogP contribution in [-0.2, 0) is 6.42 Å². The number of fused-ring (bicyclic) bond motifs is 3. The lowest BCUT2D eigenvalue weighted by molar-refractivity contribution is 0.309. The molecule has 3 unspecified atom stereocenters. The topological polar surface area (TPSA) is 21.3 Å². The fraction of sp³-hybridized carbons (Fsp3) is 0.259. The third kappa shape index (κ3) is 3.85. The van der Waals surface area contributed by atoms with E-state index >= 15 is 0 Å². The van der Waals surface area contributed by atoms with Gasteiger partial charge in [-0.25, -0.2) is 0 Å². The van der Waals surface area contributed by atoms with Crippen molar-refractivity contribution in [3.05, 3.63) is 107 Å². The van der Waals surface area contributed by atoms with Crippen LogP contribution < -0.4 is 10.1 Å². The van der Waals surface area contributed by atoms with Crippen molar-refractivity contribution in [1.82, 2.24) is 0 Å². The zero-order valence-electron chi connectivity index (χ0n) is 16.9. The van der Waals surface area contributed by atoms with Gasteiger partial charge in [0.1, 0.15) is 5.75 Å². The second kappa shape index (κ2) is 8.57. The van der Waals surface area contributed by atoms with Crippen molar-refractivity contribution in [3.8, 4) is 5.75 Å². The molecule has 2 nitrogen and oxygen atoms in total. The fourth-order valence-electron chi connectivity index (χ4n) is 4.82. The van der Waals surface area contributed by atoms with Crippen LogP contribution >= 0.6 is 11.6 Å². The quantitative estimate of drug-likeness (QED) is 0.340. The number of allylic oxidation sites excluding steroid dienone is 2. The molecule has 5 rings (SSSR count). The first-order chi connectivity index (χ1) is 14.8. The number of anilines is 1. The van der Waals surface area contributed by atoms with Crippen molar-refractivity contribution in [2.24, 2.45) is 5.92 Å². The molecule has 1 aliphatic carbocycles. The number of aryl methyl sites for hydroxylation is 1. The Bertz CT molecular complexity index is 1030. The molecule has 0 amide bonds. The zero-order chi connectivity index (χ0) is 20.3. The van der Waals surface area contributed by atoms with Gasteiger partial charge in [0.15, 0.2) is 0 Å². The average Bonchev–Trinajstić information content (AvgIpc) is 3.28. The lowest BCUT2D eigenvalue weighted by Gasteiger charge is -2.38. The predicted octanol–water partition coefficient (Wildman–Crippen LogP) is 7.18. The number of hydrogen-bond donors (Lipinski definition) is 1. The summed E-state index contributed by atoms with van der Waals surface area (Å²) >= 11 is 6.13. The van der Waals surface area contributed by atoms with Gasteiger partial charge in [-0.3, -0.25) is 0 Å². The maximum atomic E-state index is 6.27. The van der Waals surface area contributed by atoms with Gasteiger partial charge in [0, 0.05) is 10.9 Å². The maximum absolute atomic E-state index is 6.27. The molecular weight excluding hydrogens is 390 g/mol. The van der Waals surface area contributed by atoms with Crippen LogP contribution in [0.3, 0.4) is 0 Å². The van der Waals surface area contributed by atoms with Crippen molar-refractivity contribution in [2.75, 3.05) is 11.9 Å². The molecule has 0 spiro atoms. The molecule has 0 saturated heterocycles. The molecule has 3 heteroatoms. The summed E-state index contributed by atoms with van der Waals surface area (Å²) in [6.07, 6.45) is 7.81. The molecule has 152 valence electrons. The van der Waals surface area contributed by atoms with Crippen molar-refractivity contribution in [1.29, 1.82) is 0 Å². The average molecular weight is 416 g/mol. The van der Waals surface area contributed by atoms with Crippen LogP contribution in [0.15, 0.2) is 84.9 Å². The third-order valence-corrected chi connectivity index (χ3v) is 6.55. The minimum absolute atomic E-state index is 0.254. The largest absolute Gasteiger partial charge is 0.491 e. The summed E-state index contributed by atoms with van der Waals surface area (Å²) in [6.45, 7) is 0.711. The van der Waals surface area contributed by atoms with Gasteiger partial charge in [-0.05, 0) is 60.1 Å². The van der Waals surface area contributed by atoms with Gasteiger partial charge in [-0.15, -0.1) is 0 Å². The van der Waals surface area contributed by atoms with Crippen LogP contribution in [-0.4, -0.2) is 6.61 Å². The van der Waals surface area contributed by atoms with Crippen molar-refractivity contribution in [3.63, 3.8) is 0 Å². The van der Waals surface area contributed by atoms with Crippen molar-refractivity contribution >= 4 is 17.3 Å². The van der Waals surface area contributed by atoms with Crippen LogP contribution in [0.5, 0.6) is 5.75 Å². The SMILES string of the molecule is Clc1ccc(C2Nc3c(OCCCc4ccccc4)cccc3C3C=CCC32)cc1. The second-order valence-electron chi connectivity index (χ2n) is 8.19. The number of hydrogen-bond acceptors (Lipinski definition) is 2. The van der Waals surface area contributed by atoms with Gasteiger partial charge >= 0.3 is 0 Å². The van der Waals surface area contributed by atoms with Crippen LogP contribution in [0.1, 0.15) is 41.5 Å². The molecule has 1 aliphatic heterocycles. The summed E-state index contributed by atoms with van der Waals surface area (Å²) in [4.78, 5) is 0. The van der Waals surface area contributed by atoms with Gasteiger partial charge < -0.3 is 10.1 Å². The first-order valence-corrected chi connectivity index (χ1v) is 11.2. The molecule has 3 atom stereocenters. The highest BCUT2D eigenvalue weighted by molar-refractivity contribution is 6.30. The highest BCUT2D eigenvalue weighted by Crippen LogP contribution is 2.52. The molecule has 1 heterocycles. The predicted molar refractivity (Wildman–Crippen MR) is 125 cm³/mol. The lowest BCUT2D eigenvalue weighted by atomic mass is 9.77. The smallest absolute Gasteiger partial charge is 0.142 e. The number of ether oxygens (including phenoxy) is 1. The Morgan fingerprint density at radius 3 is 2.60 bits per heavy atom. The van der Waals surface area contributed by atoms with E-state index in [1.165, 1.54) is 16.7 Å². The minimum atomic E-state index is 0.254. The number of nitrogens with one attached hydrogen (secondary N) is 1. The highest BCUT2D eigenvalue weighted by Gasteiger charge is 2.38. The standard InChI is InChI=1S/C27H26ClNO/c28-21-16-14-20(15-17-21)26-23-11-4-10-22(23)24-12-5-13-25(27(24)29-26)30-18-6-9-19-7-2-1-3-8-19/h1-5,7-8,10,12-17,22-23,26,29H,6,9,11,18H2. The van der Waals surface area contributed by atoms with Crippen LogP contribution in [0.25, 0.3) is 0 Å². The van der Waals surface area contributed by atoms with Crippen molar-refractivity contribution < 1.29 is 4.74 Å². The fourth-order valence-corrected chi connectivity index (χ4v) is 4.94. The van der Waals surface area contributed by atoms with E-state index in [4.69, 9.17) is 16.3 Å². The van der Waals surface area contributed by atoms with E-state index < -0.39 is 0 Å². The number of rotatable bonds is 6. The molecule has 0 saturated carbocycles. The summed E-state index contributed by atoms with van der Waals surface area (Å²) in [7, 11) is 0. The molecule has 0 aromatic heterocycles. The number of para-hydroxylation sites is 1. The third-order valence-electron chi connectivity index (χ3n) is 6.30. The van der Waals surface area contributed by atoms with Gasteiger partial charge in [0.05, 0.1) is 18.3 Å². The van der Waals surface area contributed by atoms with Crippen molar-refractivity contribution in [2.45, 2.75) is 31.2 Å². The maximum Gasteiger partial charge on any atom is 0.142 e. The Hall–Kier alpha value is -2.71. The second-order valence-corrected chi connectivity index (χ2v) is 8.62. The van der Waals surface area contributed by atoms with E-state index in [1.54, 1.807) is 0 Å². The Morgan fingerprint density at radius 2 is 1.77 bits per heavy atom. The summed E-state index contributed by atoms with van der Waals surface area (Å²) in [5.41, 5.74) is 5.13. The summed E-state index contributed by atoms with van der Waals surface area (Å²) in [5.74, 6) is 1.90. The van der Waals surface area contributed by atoms with E-state index in [2.05, 4.69) is 78.1 Å². The van der Waals surface area contributed by atoms with Gasteiger partial charge in [0.25, 0.3) is 0 Å². The van der Waals surface area contributed by atoms with Crippen LogP contribution in [0.4, 0.5) is 5.69 Å². The molecule has 2 aliphatic rings. The first-order valence-electron chi connectivity index (χ1n) is 10.8. The molecule has 3 aromatic rings. The molecule has 3 aromatic carbocycles. The molecule has 0 fully saturated rings. The van der Waals surface area contributed by atoms with Crippen LogP contribution in [0.2, 0.25) is 5.02 Å². The Labute approximate surface area is 183 Å². The summed E-state index contributed by atoms with van der Waals surface area (Å²) in [6, 6.07) is 25.6. The highest BCUT2D eigenvalue weighted by atomic mass is 35.5. The Balaban J connectivity index is 1.35. The number of benzene rings is 3. The Kier molecular flexibility index (Phi) is 5.50. The molecular formula is C27H26ClNO. The van der Waals surface area contributed by atoms with Gasteiger partial charge in [-0.1, -0.05) is 78.4 Å². The van der Waals surface area contributed by atoms with E-state index in [0.29, 0.717) is 18.4 Å². The molecule has 30 heavy (non-hydrogen) atoms. The Morgan fingerprint density at radius 1 is 0.933 bits per heavy atom. The molecule has 0 bridgehead atoms. The molecule has 0 radical (unpaired) electrons. The molecule has 1 N–H and O–H groups in total. The summed E-state index contributed by atoms with van der Waals surface area (Å²) in [5, 5.41) is 4.60. The number of halogens is 1. The van der Waals surface area contributed by atoms with Gasteiger partial charge in [-0.2, -0.15) is 0 Å².